The number of aromatic nitrogens is 6. The maximum absolute atomic E-state index is 13.1. The number of amides is 1. The number of rotatable bonds is 2. The van der Waals surface area contributed by atoms with E-state index in [0.29, 0.717) is 42.7 Å². The van der Waals surface area contributed by atoms with Gasteiger partial charge in [-0.15, -0.1) is 0 Å². The van der Waals surface area contributed by atoms with Crippen molar-refractivity contribution >= 4 is 28.3 Å². The summed E-state index contributed by atoms with van der Waals surface area (Å²) in [5.41, 5.74) is 0.835. The fourth-order valence-corrected chi connectivity index (χ4v) is 3.70. The third kappa shape index (κ3) is 2.89. The second kappa shape index (κ2) is 6.66. The first-order valence-electron chi connectivity index (χ1n) is 9.31. The van der Waals surface area contributed by atoms with E-state index in [1.165, 1.54) is 6.33 Å². The van der Waals surface area contributed by atoms with E-state index >= 15 is 0 Å². The number of nitrogens with one attached hydrogen (secondary N) is 1. The van der Waals surface area contributed by atoms with Gasteiger partial charge in [0.05, 0.1) is 5.39 Å². The van der Waals surface area contributed by atoms with Gasteiger partial charge < -0.3 is 9.80 Å². The molecule has 0 aliphatic carbocycles. The minimum absolute atomic E-state index is 0.186. The van der Waals surface area contributed by atoms with Crippen molar-refractivity contribution in [3.63, 3.8) is 0 Å². The average molecular weight is 390 g/mol. The Balaban J connectivity index is 1.40. The van der Waals surface area contributed by atoms with E-state index in [-0.39, 0.29) is 17.2 Å². The van der Waals surface area contributed by atoms with Crippen LogP contribution in [-0.4, -0.2) is 66.8 Å². The monoisotopic (exact) mass is 390 g/mol. The fourth-order valence-electron chi connectivity index (χ4n) is 3.70. The second-order valence-corrected chi connectivity index (χ2v) is 6.95. The Morgan fingerprint density at radius 3 is 2.66 bits per heavy atom. The maximum Gasteiger partial charge on any atom is 0.275 e. The first kappa shape index (κ1) is 17.3. The van der Waals surface area contributed by atoms with Crippen molar-refractivity contribution in [1.82, 2.24) is 34.7 Å². The van der Waals surface area contributed by atoms with Gasteiger partial charge in [-0.2, -0.15) is 19.7 Å². The van der Waals surface area contributed by atoms with Crippen LogP contribution in [-0.2, 0) is 0 Å². The van der Waals surface area contributed by atoms with Crippen LogP contribution in [0.2, 0.25) is 0 Å². The molecule has 1 aromatic carbocycles. The van der Waals surface area contributed by atoms with E-state index in [1.807, 2.05) is 13.0 Å². The number of anilines is 1. The Bertz CT molecular complexity index is 1290. The molecular formula is C19H18N8O2. The van der Waals surface area contributed by atoms with Gasteiger partial charge >= 0.3 is 0 Å². The molecule has 4 heterocycles. The van der Waals surface area contributed by atoms with Crippen LogP contribution in [0.4, 0.5) is 5.82 Å². The molecule has 1 N–H and O–H groups in total. The first-order valence-corrected chi connectivity index (χ1v) is 9.31. The van der Waals surface area contributed by atoms with Gasteiger partial charge in [-0.25, -0.2) is 10.1 Å². The number of carbonyl (C=O) groups is 1. The molecule has 0 saturated carbocycles. The molecule has 10 heteroatoms. The van der Waals surface area contributed by atoms with Crippen molar-refractivity contribution in [2.75, 3.05) is 31.1 Å². The number of carbonyl (C=O) groups excluding carboxylic acids is 1. The molecule has 3 aromatic heterocycles. The predicted molar refractivity (Wildman–Crippen MR) is 106 cm³/mol. The molecule has 5 rings (SSSR count). The molecule has 1 fully saturated rings. The molecule has 146 valence electrons. The quantitative estimate of drug-likeness (QED) is 0.534. The largest absolute Gasteiger partial charge is 0.353 e. The summed E-state index contributed by atoms with van der Waals surface area (Å²) in [5.74, 6) is 1.28. The maximum atomic E-state index is 13.1. The minimum atomic E-state index is -0.299. The molecule has 0 radical (unpaired) electrons. The Labute approximate surface area is 164 Å². The van der Waals surface area contributed by atoms with Crippen LogP contribution in [0.5, 0.6) is 0 Å². The highest BCUT2D eigenvalue weighted by atomic mass is 16.2. The second-order valence-electron chi connectivity index (χ2n) is 6.95. The van der Waals surface area contributed by atoms with Gasteiger partial charge in [-0.3, -0.25) is 9.59 Å². The third-order valence-electron chi connectivity index (χ3n) is 5.15. The van der Waals surface area contributed by atoms with Gasteiger partial charge in [0.15, 0.2) is 5.69 Å². The van der Waals surface area contributed by atoms with Crippen LogP contribution in [0.15, 0.2) is 41.5 Å². The van der Waals surface area contributed by atoms with Crippen molar-refractivity contribution in [2.24, 2.45) is 0 Å². The van der Waals surface area contributed by atoms with Gasteiger partial charge in [0, 0.05) is 43.3 Å². The Kier molecular flexibility index (Phi) is 3.97. The van der Waals surface area contributed by atoms with Gasteiger partial charge in [0.2, 0.25) is 0 Å². The fraction of sp³-hybridized carbons (Fsp3) is 0.263. The lowest BCUT2D eigenvalue weighted by Crippen LogP contribution is -2.49. The van der Waals surface area contributed by atoms with Gasteiger partial charge in [-0.05, 0) is 13.0 Å². The lowest BCUT2D eigenvalue weighted by Gasteiger charge is -2.35. The van der Waals surface area contributed by atoms with Gasteiger partial charge in [0.1, 0.15) is 12.1 Å². The topological polar surface area (TPSA) is 112 Å². The van der Waals surface area contributed by atoms with Crippen LogP contribution in [0, 0.1) is 6.92 Å². The lowest BCUT2D eigenvalue weighted by molar-refractivity contribution is 0.0741. The van der Waals surface area contributed by atoms with E-state index in [9.17, 15) is 9.59 Å². The molecule has 0 bridgehead atoms. The number of fused-ring (bicyclic) bond motifs is 2. The highest BCUT2D eigenvalue weighted by molar-refractivity contribution is 6.04. The van der Waals surface area contributed by atoms with Crippen molar-refractivity contribution < 1.29 is 4.79 Å². The molecule has 1 amide bonds. The highest BCUT2D eigenvalue weighted by Gasteiger charge is 2.26. The summed E-state index contributed by atoms with van der Waals surface area (Å²) >= 11 is 0. The Hall–Kier alpha value is -3.82. The minimum Gasteiger partial charge on any atom is -0.353 e. The molecule has 4 aromatic rings. The summed E-state index contributed by atoms with van der Waals surface area (Å²) in [4.78, 5) is 37.5. The number of aryl methyl sites for hydroxylation is 1. The number of piperazine rings is 1. The van der Waals surface area contributed by atoms with Crippen LogP contribution < -0.4 is 10.5 Å². The average Bonchev–Trinajstić information content (AvgIpc) is 3.22. The number of benzene rings is 1. The zero-order chi connectivity index (χ0) is 20.0. The number of nitrogens with zero attached hydrogens (tertiary/aromatic N) is 7. The standard InChI is InChI=1S/C19H18N8O2/c1-12-10-15(27-19(22-12)20-11-21-27)25-6-8-26(9-7-25)18(29)16-13-4-2-3-5-14(13)17(28)24-23-16/h2-5,10-11H,6-9H2,1H3,(H,24,28). The van der Waals surface area contributed by atoms with Crippen molar-refractivity contribution in [3.05, 3.63) is 58.4 Å². The van der Waals surface area contributed by atoms with Crippen molar-refractivity contribution in [2.45, 2.75) is 6.92 Å². The Morgan fingerprint density at radius 1 is 1.10 bits per heavy atom. The molecule has 10 nitrogen and oxygen atoms in total. The summed E-state index contributed by atoms with van der Waals surface area (Å²) in [6.45, 7) is 4.28. The molecule has 1 aliphatic rings. The molecule has 0 unspecified atom stereocenters. The summed E-state index contributed by atoms with van der Waals surface area (Å²) in [7, 11) is 0. The number of aromatic amines is 1. The van der Waals surface area contributed by atoms with Crippen LogP contribution in [0.1, 0.15) is 16.2 Å². The van der Waals surface area contributed by atoms with Crippen LogP contribution >= 0.6 is 0 Å². The molecular weight excluding hydrogens is 372 g/mol. The molecule has 0 atom stereocenters. The summed E-state index contributed by atoms with van der Waals surface area (Å²) in [6, 6.07) is 8.98. The third-order valence-corrected chi connectivity index (χ3v) is 5.15. The van der Waals surface area contributed by atoms with E-state index in [2.05, 4.69) is 30.2 Å². The summed E-state index contributed by atoms with van der Waals surface area (Å²) in [5, 5.41) is 11.8. The number of hydrogen-bond donors (Lipinski definition) is 1. The molecule has 1 aliphatic heterocycles. The zero-order valence-corrected chi connectivity index (χ0v) is 15.7. The van der Waals surface area contributed by atoms with E-state index in [0.717, 1.165) is 11.5 Å². The van der Waals surface area contributed by atoms with E-state index < -0.39 is 0 Å². The van der Waals surface area contributed by atoms with Crippen LogP contribution in [0.3, 0.4) is 0 Å². The summed E-state index contributed by atoms with van der Waals surface area (Å²) in [6.07, 6.45) is 1.48. The highest BCUT2D eigenvalue weighted by Crippen LogP contribution is 2.20. The molecule has 1 saturated heterocycles. The summed E-state index contributed by atoms with van der Waals surface area (Å²) < 4.78 is 1.71. The van der Waals surface area contributed by atoms with Crippen molar-refractivity contribution in [3.8, 4) is 0 Å². The Morgan fingerprint density at radius 2 is 1.86 bits per heavy atom. The normalized spacial score (nSPS) is 14.7. The van der Waals surface area contributed by atoms with E-state index in [1.54, 1.807) is 33.7 Å². The molecule has 29 heavy (non-hydrogen) atoms. The van der Waals surface area contributed by atoms with Gasteiger partial charge in [-0.1, -0.05) is 18.2 Å². The smallest absolute Gasteiger partial charge is 0.275 e. The number of hydrogen-bond acceptors (Lipinski definition) is 7. The van der Waals surface area contributed by atoms with Crippen LogP contribution in [0.25, 0.3) is 16.6 Å². The number of H-pyrrole nitrogens is 1. The first-order chi connectivity index (χ1) is 14.1. The lowest BCUT2D eigenvalue weighted by atomic mass is 10.1. The van der Waals surface area contributed by atoms with Crippen molar-refractivity contribution in [1.29, 1.82) is 0 Å². The zero-order valence-electron chi connectivity index (χ0n) is 15.7. The van der Waals surface area contributed by atoms with Gasteiger partial charge in [0.25, 0.3) is 17.2 Å². The van der Waals surface area contributed by atoms with E-state index in [4.69, 9.17) is 0 Å². The predicted octanol–water partition coefficient (Wildman–Crippen LogP) is 0.632. The molecule has 0 spiro atoms. The SMILES string of the molecule is Cc1cc(N2CCN(C(=O)c3n[nH]c(=O)c4ccccc34)CC2)n2ncnc2n1.